The second kappa shape index (κ2) is 7.27. The van der Waals surface area contributed by atoms with Gasteiger partial charge >= 0.3 is 0 Å². The molecule has 0 bridgehead atoms. The van der Waals surface area contributed by atoms with Gasteiger partial charge in [0, 0.05) is 43.4 Å². The Hall–Kier alpha value is -3.47. The van der Waals surface area contributed by atoms with Gasteiger partial charge in [0.2, 0.25) is 0 Å². The minimum absolute atomic E-state index is 0.318. The maximum absolute atomic E-state index is 13.4. The van der Waals surface area contributed by atoms with Gasteiger partial charge in [-0.1, -0.05) is 12.1 Å². The summed E-state index contributed by atoms with van der Waals surface area (Å²) in [5.74, 6) is -0.128. The van der Waals surface area contributed by atoms with E-state index >= 15 is 0 Å². The molecule has 0 spiro atoms. The lowest BCUT2D eigenvalue weighted by Crippen LogP contribution is -2.34. The van der Waals surface area contributed by atoms with Gasteiger partial charge in [0.05, 0.1) is 11.3 Å². The van der Waals surface area contributed by atoms with Crippen LogP contribution in [0.1, 0.15) is 30.1 Å². The molecule has 2 aromatic heterocycles. The molecule has 1 N–H and O–H groups in total. The third-order valence-electron chi connectivity index (χ3n) is 5.21. The third kappa shape index (κ3) is 3.16. The maximum atomic E-state index is 13.4. The van der Waals surface area contributed by atoms with Crippen LogP contribution in [-0.2, 0) is 7.05 Å². The van der Waals surface area contributed by atoms with Crippen LogP contribution in [0.5, 0.6) is 5.75 Å². The van der Waals surface area contributed by atoms with E-state index in [0.29, 0.717) is 17.0 Å². The van der Waals surface area contributed by atoms with Gasteiger partial charge in [-0.05, 0) is 25.0 Å². The van der Waals surface area contributed by atoms with Crippen LogP contribution in [0.3, 0.4) is 0 Å². The Labute approximate surface area is 161 Å². The van der Waals surface area contributed by atoms with Crippen LogP contribution >= 0.6 is 0 Å². The van der Waals surface area contributed by atoms with E-state index in [1.54, 1.807) is 18.5 Å². The van der Waals surface area contributed by atoms with E-state index in [0.717, 1.165) is 43.0 Å². The fourth-order valence-electron chi connectivity index (χ4n) is 3.81. The first kappa shape index (κ1) is 17.9. The molecule has 3 heterocycles. The number of aromatic hydroxyl groups is 1. The number of nitriles is 1. The van der Waals surface area contributed by atoms with Crippen molar-refractivity contribution in [1.82, 2.24) is 19.7 Å². The van der Waals surface area contributed by atoms with Crippen LogP contribution in [0.15, 0.2) is 36.8 Å². The number of nitrogens with zero attached hydrogens (tertiary/aromatic N) is 6. The molecule has 3 aromatic rings. The molecule has 1 aliphatic heterocycles. The lowest BCUT2D eigenvalue weighted by atomic mass is 9.93. The fourth-order valence-corrected chi connectivity index (χ4v) is 3.81. The Kier molecular flexibility index (Phi) is 4.65. The highest BCUT2D eigenvalue weighted by molar-refractivity contribution is 5.83. The van der Waals surface area contributed by atoms with Crippen LogP contribution in [-0.4, -0.2) is 37.9 Å². The molecule has 4 rings (SSSR count). The molecule has 0 unspecified atom stereocenters. The smallest absolute Gasteiger partial charge is 0.255 e. The summed E-state index contributed by atoms with van der Waals surface area (Å²) >= 11 is 0. The molecule has 0 atom stereocenters. The van der Waals surface area contributed by atoms with Gasteiger partial charge in [-0.3, -0.25) is 0 Å². The zero-order valence-electron chi connectivity index (χ0n) is 15.4. The van der Waals surface area contributed by atoms with Gasteiger partial charge in [0.25, 0.3) is 5.95 Å². The first-order valence-corrected chi connectivity index (χ1v) is 9.05. The van der Waals surface area contributed by atoms with E-state index in [1.807, 2.05) is 17.7 Å². The number of anilines is 1. The highest BCUT2D eigenvalue weighted by Crippen LogP contribution is 2.38. The molecule has 1 fully saturated rings. The van der Waals surface area contributed by atoms with E-state index in [2.05, 4.69) is 26.2 Å². The normalized spacial score (nSPS) is 14.8. The van der Waals surface area contributed by atoms with Gasteiger partial charge in [-0.15, -0.1) is 10.2 Å². The number of aromatic nitrogens is 4. The van der Waals surface area contributed by atoms with Crippen molar-refractivity contribution in [2.75, 3.05) is 18.0 Å². The molecular formula is C20H19FN6O. The Balaban J connectivity index is 1.67. The zero-order chi connectivity index (χ0) is 19.7. The SMILES string of the molecule is Cn1cnnc1C1CCN(c2c(C#N)cccc2-c2cnc(F)c(O)c2)CC1. The Morgan fingerprint density at radius 2 is 2.07 bits per heavy atom. The summed E-state index contributed by atoms with van der Waals surface area (Å²) in [6.07, 6.45) is 4.86. The summed E-state index contributed by atoms with van der Waals surface area (Å²) in [6.45, 7) is 1.51. The topological polar surface area (TPSA) is 90.9 Å². The summed E-state index contributed by atoms with van der Waals surface area (Å²) in [6, 6.07) is 9.00. The summed E-state index contributed by atoms with van der Waals surface area (Å²) in [4.78, 5) is 5.78. The lowest BCUT2D eigenvalue weighted by Gasteiger charge is -2.35. The largest absolute Gasteiger partial charge is 0.504 e. The molecule has 142 valence electrons. The van der Waals surface area contributed by atoms with Crippen LogP contribution < -0.4 is 4.90 Å². The van der Waals surface area contributed by atoms with Gasteiger partial charge < -0.3 is 14.6 Å². The molecule has 1 aromatic carbocycles. The van der Waals surface area contributed by atoms with Crippen molar-refractivity contribution in [3.63, 3.8) is 0 Å². The number of halogens is 1. The van der Waals surface area contributed by atoms with Gasteiger partial charge in [0.1, 0.15) is 18.2 Å². The number of hydrogen-bond donors (Lipinski definition) is 1. The van der Waals surface area contributed by atoms with E-state index in [9.17, 15) is 14.8 Å². The molecule has 1 saturated heterocycles. The second-order valence-corrected chi connectivity index (χ2v) is 6.91. The van der Waals surface area contributed by atoms with E-state index in [1.165, 1.54) is 12.3 Å². The van der Waals surface area contributed by atoms with Crippen molar-refractivity contribution >= 4 is 5.69 Å². The zero-order valence-corrected chi connectivity index (χ0v) is 15.4. The van der Waals surface area contributed by atoms with E-state index < -0.39 is 11.7 Å². The van der Waals surface area contributed by atoms with Crippen LogP contribution in [0.2, 0.25) is 0 Å². The van der Waals surface area contributed by atoms with Crippen molar-refractivity contribution < 1.29 is 9.50 Å². The molecule has 1 aliphatic rings. The lowest BCUT2D eigenvalue weighted by molar-refractivity contribution is 0.419. The predicted molar refractivity (Wildman–Crippen MR) is 101 cm³/mol. The molecule has 28 heavy (non-hydrogen) atoms. The summed E-state index contributed by atoms with van der Waals surface area (Å²) in [7, 11) is 1.94. The van der Waals surface area contributed by atoms with Crippen molar-refractivity contribution in [3.05, 3.63) is 54.1 Å². The Morgan fingerprint density at radius 1 is 1.29 bits per heavy atom. The van der Waals surface area contributed by atoms with Crippen LogP contribution in [0.4, 0.5) is 10.1 Å². The highest BCUT2D eigenvalue weighted by atomic mass is 19.1. The number of para-hydroxylation sites is 1. The van der Waals surface area contributed by atoms with Crippen LogP contribution in [0, 0.1) is 17.3 Å². The Morgan fingerprint density at radius 3 is 2.71 bits per heavy atom. The molecular weight excluding hydrogens is 359 g/mol. The third-order valence-corrected chi connectivity index (χ3v) is 5.21. The molecule has 0 saturated carbocycles. The number of aryl methyl sites for hydroxylation is 1. The minimum Gasteiger partial charge on any atom is -0.504 e. The van der Waals surface area contributed by atoms with Gasteiger partial charge in [-0.25, -0.2) is 4.98 Å². The highest BCUT2D eigenvalue weighted by Gasteiger charge is 2.27. The summed E-state index contributed by atoms with van der Waals surface area (Å²) < 4.78 is 15.3. The van der Waals surface area contributed by atoms with E-state index in [-0.39, 0.29) is 0 Å². The average molecular weight is 378 g/mol. The molecule has 7 nitrogen and oxygen atoms in total. The standard InChI is InChI=1S/C20H19FN6O/c1-26-12-24-25-20(26)13-5-7-27(8-6-13)18-14(10-22)3-2-4-16(18)15-9-17(28)19(21)23-11-15/h2-4,9,11-13,28H,5-8H2,1H3. The molecule has 0 amide bonds. The first-order valence-electron chi connectivity index (χ1n) is 9.05. The Bertz CT molecular complexity index is 1050. The quantitative estimate of drug-likeness (QED) is 0.705. The average Bonchev–Trinajstić information content (AvgIpc) is 3.15. The number of piperidine rings is 1. The number of hydrogen-bond acceptors (Lipinski definition) is 6. The van der Waals surface area contributed by atoms with Crippen molar-refractivity contribution in [2.45, 2.75) is 18.8 Å². The second-order valence-electron chi connectivity index (χ2n) is 6.91. The van der Waals surface area contributed by atoms with Crippen molar-refractivity contribution in [1.29, 1.82) is 5.26 Å². The number of rotatable bonds is 3. The van der Waals surface area contributed by atoms with Gasteiger partial charge in [0.15, 0.2) is 5.75 Å². The first-order chi connectivity index (χ1) is 13.6. The number of benzene rings is 1. The molecule has 0 radical (unpaired) electrons. The van der Waals surface area contributed by atoms with Crippen molar-refractivity contribution in [2.24, 2.45) is 7.05 Å². The predicted octanol–water partition coefficient (Wildman–Crippen LogP) is 2.98. The monoisotopic (exact) mass is 378 g/mol. The molecule has 8 heteroatoms. The molecule has 0 aliphatic carbocycles. The summed E-state index contributed by atoms with van der Waals surface area (Å²) in [5, 5.41) is 27.5. The minimum atomic E-state index is -0.911. The van der Waals surface area contributed by atoms with Crippen molar-refractivity contribution in [3.8, 4) is 22.9 Å². The van der Waals surface area contributed by atoms with Gasteiger partial charge in [-0.2, -0.15) is 9.65 Å². The van der Waals surface area contributed by atoms with E-state index in [4.69, 9.17) is 0 Å². The summed E-state index contributed by atoms with van der Waals surface area (Å²) in [5.41, 5.74) is 2.65. The maximum Gasteiger partial charge on any atom is 0.255 e. The number of pyridine rings is 1. The fraction of sp³-hybridized carbons (Fsp3) is 0.300. The van der Waals surface area contributed by atoms with Crippen LogP contribution in [0.25, 0.3) is 11.1 Å².